The SMILES string of the molecule is CN1C2CC[C@H](OC(=O)N3CCc4ccccc4[C@@H]3c3ccccc3)C1C2. The van der Waals surface area contributed by atoms with Crippen molar-refractivity contribution in [3.05, 3.63) is 71.3 Å². The first-order valence-electron chi connectivity index (χ1n) is 10.0. The van der Waals surface area contributed by atoms with Gasteiger partial charge in [0.15, 0.2) is 0 Å². The maximum atomic E-state index is 13.2. The molecule has 2 saturated heterocycles. The van der Waals surface area contributed by atoms with E-state index in [9.17, 15) is 4.79 Å². The predicted octanol–water partition coefficient (Wildman–Crippen LogP) is 4.01. The van der Waals surface area contributed by atoms with Crippen LogP contribution in [0.5, 0.6) is 0 Å². The Labute approximate surface area is 160 Å². The summed E-state index contributed by atoms with van der Waals surface area (Å²) in [5, 5.41) is 0. The van der Waals surface area contributed by atoms with Crippen molar-refractivity contribution in [3.8, 4) is 0 Å². The van der Waals surface area contributed by atoms with Crippen molar-refractivity contribution in [2.24, 2.45) is 0 Å². The molecule has 1 saturated carbocycles. The number of carbonyl (C=O) groups is 1. The van der Waals surface area contributed by atoms with Crippen LogP contribution in [0.4, 0.5) is 4.79 Å². The van der Waals surface area contributed by atoms with Crippen molar-refractivity contribution in [1.29, 1.82) is 0 Å². The molecular weight excluding hydrogens is 336 g/mol. The fourth-order valence-corrected chi connectivity index (χ4v) is 5.12. The van der Waals surface area contributed by atoms with E-state index < -0.39 is 0 Å². The number of nitrogens with zero attached hydrogens (tertiary/aromatic N) is 2. The first-order chi connectivity index (χ1) is 13.2. The van der Waals surface area contributed by atoms with E-state index in [1.165, 1.54) is 17.5 Å². The molecule has 4 aliphatic rings. The quantitative estimate of drug-likeness (QED) is 0.809. The molecule has 3 fully saturated rings. The lowest BCUT2D eigenvalue weighted by atomic mass is 9.78. The van der Waals surface area contributed by atoms with E-state index in [0.717, 1.165) is 24.8 Å². The van der Waals surface area contributed by atoms with Crippen LogP contribution in [-0.2, 0) is 11.2 Å². The molecule has 27 heavy (non-hydrogen) atoms. The summed E-state index contributed by atoms with van der Waals surface area (Å²) in [5.74, 6) is 0. The Morgan fingerprint density at radius 1 is 1.04 bits per heavy atom. The number of piperidine rings is 1. The Hall–Kier alpha value is -2.33. The van der Waals surface area contributed by atoms with Gasteiger partial charge in [0.05, 0.1) is 6.04 Å². The number of ether oxygens (including phenoxy) is 1. The smallest absolute Gasteiger partial charge is 0.410 e. The van der Waals surface area contributed by atoms with Crippen molar-refractivity contribution in [3.63, 3.8) is 0 Å². The number of amides is 1. The van der Waals surface area contributed by atoms with Gasteiger partial charge >= 0.3 is 6.09 Å². The maximum Gasteiger partial charge on any atom is 0.410 e. The van der Waals surface area contributed by atoms with Crippen LogP contribution >= 0.6 is 0 Å². The van der Waals surface area contributed by atoms with Crippen LogP contribution in [0.2, 0.25) is 0 Å². The zero-order chi connectivity index (χ0) is 18.4. The van der Waals surface area contributed by atoms with Crippen molar-refractivity contribution in [1.82, 2.24) is 9.80 Å². The molecule has 1 amide bonds. The second-order valence-corrected chi connectivity index (χ2v) is 8.08. The van der Waals surface area contributed by atoms with Gasteiger partial charge in [-0.2, -0.15) is 0 Å². The lowest BCUT2D eigenvalue weighted by Gasteiger charge is -2.54. The van der Waals surface area contributed by atoms with Gasteiger partial charge in [0.1, 0.15) is 6.10 Å². The van der Waals surface area contributed by atoms with E-state index in [-0.39, 0.29) is 18.2 Å². The molecule has 3 heterocycles. The molecule has 6 rings (SSSR count). The highest BCUT2D eigenvalue weighted by Gasteiger charge is 2.47. The Balaban J connectivity index is 1.43. The molecule has 0 spiro atoms. The molecule has 0 radical (unpaired) electrons. The highest BCUT2D eigenvalue weighted by Crippen LogP contribution is 2.40. The van der Waals surface area contributed by atoms with Crippen molar-refractivity contribution >= 4 is 6.09 Å². The van der Waals surface area contributed by atoms with Gasteiger partial charge in [-0.3, -0.25) is 9.80 Å². The third-order valence-electron chi connectivity index (χ3n) is 6.71. The zero-order valence-corrected chi connectivity index (χ0v) is 15.8. The first kappa shape index (κ1) is 16.8. The zero-order valence-electron chi connectivity index (χ0n) is 15.8. The molecule has 4 nitrogen and oxygen atoms in total. The highest BCUT2D eigenvalue weighted by molar-refractivity contribution is 5.70. The summed E-state index contributed by atoms with van der Waals surface area (Å²) >= 11 is 0. The molecule has 1 aliphatic carbocycles. The summed E-state index contributed by atoms with van der Waals surface area (Å²) in [5.41, 5.74) is 3.69. The number of benzene rings is 2. The molecule has 3 aliphatic heterocycles. The van der Waals surface area contributed by atoms with Crippen LogP contribution in [0.1, 0.15) is 42.0 Å². The van der Waals surface area contributed by atoms with E-state index in [1.807, 2.05) is 23.1 Å². The Morgan fingerprint density at radius 2 is 1.81 bits per heavy atom. The Bertz CT molecular complexity index is 835. The average molecular weight is 362 g/mol. The van der Waals surface area contributed by atoms with E-state index in [0.29, 0.717) is 18.6 Å². The molecule has 2 aromatic carbocycles. The second-order valence-electron chi connectivity index (χ2n) is 8.08. The summed E-state index contributed by atoms with van der Waals surface area (Å²) in [6.07, 6.45) is 4.04. The standard InChI is InChI=1S/C23H26N2O2/c1-24-18-11-12-21(20(24)15-18)27-23(26)25-14-13-16-7-5-6-10-19(16)22(25)17-8-3-2-4-9-17/h2-10,18,20-22H,11-15H2,1H3/t18?,20?,21-,22-/m0/s1. The fraction of sp³-hybridized carbons (Fsp3) is 0.435. The van der Waals surface area contributed by atoms with Crippen molar-refractivity contribution in [2.45, 2.75) is 49.9 Å². The molecule has 0 N–H and O–H groups in total. The fourth-order valence-electron chi connectivity index (χ4n) is 5.12. The molecule has 4 heteroatoms. The lowest BCUT2D eigenvalue weighted by molar-refractivity contribution is -0.0980. The van der Waals surface area contributed by atoms with E-state index in [4.69, 9.17) is 4.74 Å². The number of hydrogen-bond donors (Lipinski definition) is 0. The highest BCUT2D eigenvalue weighted by atomic mass is 16.6. The largest absolute Gasteiger partial charge is 0.444 e. The van der Waals surface area contributed by atoms with E-state index >= 15 is 0 Å². The number of carbonyl (C=O) groups excluding carboxylic acids is 1. The van der Waals surface area contributed by atoms with Gasteiger partial charge in [-0.1, -0.05) is 54.6 Å². The summed E-state index contributed by atoms with van der Waals surface area (Å²) in [7, 11) is 2.16. The van der Waals surface area contributed by atoms with Gasteiger partial charge in [-0.05, 0) is 49.4 Å². The summed E-state index contributed by atoms with van der Waals surface area (Å²) in [6, 6.07) is 19.8. The van der Waals surface area contributed by atoms with E-state index in [2.05, 4.69) is 48.3 Å². The minimum absolute atomic E-state index is 0.0288. The van der Waals surface area contributed by atoms with E-state index in [1.54, 1.807) is 0 Å². The summed E-state index contributed by atoms with van der Waals surface area (Å²) in [6.45, 7) is 0.700. The van der Waals surface area contributed by atoms with Gasteiger partial charge in [-0.15, -0.1) is 0 Å². The first-order valence-corrected chi connectivity index (χ1v) is 10.0. The second kappa shape index (κ2) is 6.68. The molecule has 140 valence electrons. The monoisotopic (exact) mass is 362 g/mol. The van der Waals surface area contributed by atoms with Gasteiger partial charge in [-0.25, -0.2) is 4.79 Å². The third kappa shape index (κ3) is 2.83. The maximum absolute atomic E-state index is 13.2. The van der Waals surface area contributed by atoms with Crippen LogP contribution in [0, 0.1) is 0 Å². The van der Waals surface area contributed by atoms with Crippen LogP contribution in [0.25, 0.3) is 0 Å². The van der Waals surface area contributed by atoms with Gasteiger partial charge in [0, 0.05) is 18.6 Å². The number of hydrogen-bond acceptors (Lipinski definition) is 3. The third-order valence-corrected chi connectivity index (χ3v) is 6.71. The molecule has 0 aromatic heterocycles. The Kier molecular flexibility index (Phi) is 4.16. The minimum atomic E-state index is -0.165. The van der Waals surface area contributed by atoms with Gasteiger partial charge in [0.25, 0.3) is 0 Å². The molecule has 2 bridgehead atoms. The number of likely N-dealkylation sites (N-methyl/N-ethyl adjacent to an activating group) is 1. The molecule has 2 aromatic rings. The van der Waals surface area contributed by atoms with Crippen LogP contribution in [0.3, 0.4) is 0 Å². The molecular formula is C23H26N2O2. The summed E-state index contributed by atoms with van der Waals surface area (Å²) < 4.78 is 6.06. The Morgan fingerprint density at radius 3 is 2.59 bits per heavy atom. The minimum Gasteiger partial charge on any atom is -0.444 e. The molecule has 4 atom stereocenters. The lowest BCUT2D eigenvalue weighted by Crippen LogP contribution is -2.63. The van der Waals surface area contributed by atoms with Gasteiger partial charge < -0.3 is 4.74 Å². The predicted molar refractivity (Wildman–Crippen MR) is 105 cm³/mol. The van der Waals surface area contributed by atoms with Crippen molar-refractivity contribution in [2.75, 3.05) is 13.6 Å². The molecule has 2 unspecified atom stereocenters. The average Bonchev–Trinajstić information content (AvgIpc) is 2.73. The topological polar surface area (TPSA) is 32.8 Å². The van der Waals surface area contributed by atoms with Crippen LogP contribution in [0.15, 0.2) is 54.6 Å². The number of fused-ring (bicyclic) bond motifs is 3. The van der Waals surface area contributed by atoms with Crippen LogP contribution < -0.4 is 0 Å². The van der Waals surface area contributed by atoms with Crippen LogP contribution in [-0.4, -0.2) is 47.7 Å². The summed E-state index contributed by atoms with van der Waals surface area (Å²) in [4.78, 5) is 17.5. The van der Waals surface area contributed by atoms with Crippen molar-refractivity contribution < 1.29 is 9.53 Å². The number of rotatable bonds is 2. The normalized spacial score (nSPS) is 29.6. The van der Waals surface area contributed by atoms with Gasteiger partial charge in [0.2, 0.25) is 0 Å².